The van der Waals surface area contributed by atoms with Gasteiger partial charge < -0.3 is 10.4 Å². The van der Waals surface area contributed by atoms with Crippen molar-refractivity contribution in [2.75, 3.05) is 32.8 Å². The number of hydrogen-bond donors (Lipinski definition) is 2. The highest BCUT2D eigenvalue weighted by Gasteiger charge is 2.39. The summed E-state index contributed by atoms with van der Waals surface area (Å²) in [6, 6.07) is 1.73. The van der Waals surface area contributed by atoms with Crippen LogP contribution < -0.4 is 5.32 Å². The van der Waals surface area contributed by atoms with Crippen LogP contribution in [-0.2, 0) is 0 Å². The van der Waals surface area contributed by atoms with Crippen LogP contribution in [0.2, 0.25) is 0 Å². The van der Waals surface area contributed by atoms with Crippen LogP contribution in [0.3, 0.4) is 0 Å². The van der Waals surface area contributed by atoms with Crippen molar-refractivity contribution in [3.63, 3.8) is 0 Å². The van der Waals surface area contributed by atoms with E-state index in [1.807, 2.05) is 0 Å². The zero-order valence-electron chi connectivity index (χ0n) is 14.4. The number of aliphatic hydroxyl groups excluding tert-OH is 1. The standard InChI is InChI=1S/C17H35N3O/c1-5-19-9-10-20(12-15(19)4)16-7-6-8-17(11-16,13-21)18-14(2)3/h14-16,18,21H,5-13H2,1-4H3. The van der Waals surface area contributed by atoms with Gasteiger partial charge in [-0.25, -0.2) is 0 Å². The quantitative estimate of drug-likeness (QED) is 0.810. The van der Waals surface area contributed by atoms with Gasteiger partial charge in [0.25, 0.3) is 0 Å². The van der Waals surface area contributed by atoms with Crippen molar-refractivity contribution in [2.45, 2.75) is 77.0 Å². The number of nitrogens with zero attached hydrogens (tertiary/aromatic N) is 2. The lowest BCUT2D eigenvalue weighted by Crippen LogP contribution is -2.61. The van der Waals surface area contributed by atoms with Crippen LogP contribution >= 0.6 is 0 Å². The Hall–Kier alpha value is -0.160. The lowest BCUT2D eigenvalue weighted by Gasteiger charge is -2.49. The summed E-state index contributed by atoms with van der Waals surface area (Å²) in [7, 11) is 0. The molecule has 1 heterocycles. The van der Waals surface area contributed by atoms with Gasteiger partial charge in [-0.05, 0) is 39.2 Å². The normalized spacial score (nSPS) is 36.3. The predicted octanol–water partition coefficient (Wildman–Crippen LogP) is 1.68. The Labute approximate surface area is 130 Å². The monoisotopic (exact) mass is 297 g/mol. The zero-order valence-corrected chi connectivity index (χ0v) is 14.4. The third-order valence-corrected chi connectivity index (χ3v) is 5.44. The molecule has 1 aliphatic heterocycles. The second-order valence-corrected chi connectivity index (χ2v) is 7.46. The first kappa shape index (κ1) is 17.2. The van der Waals surface area contributed by atoms with Crippen LogP contribution in [0.5, 0.6) is 0 Å². The smallest absolute Gasteiger partial charge is 0.0613 e. The average Bonchev–Trinajstić information content (AvgIpc) is 2.46. The molecule has 0 spiro atoms. The van der Waals surface area contributed by atoms with Crippen molar-refractivity contribution in [3.05, 3.63) is 0 Å². The molecule has 124 valence electrons. The first-order valence-electron chi connectivity index (χ1n) is 8.86. The number of piperazine rings is 1. The van der Waals surface area contributed by atoms with E-state index in [-0.39, 0.29) is 12.1 Å². The van der Waals surface area contributed by atoms with Crippen molar-refractivity contribution in [3.8, 4) is 0 Å². The molecule has 2 fully saturated rings. The molecule has 4 heteroatoms. The molecule has 3 atom stereocenters. The van der Waals surface area contributed by atoms with Gasteiger partial charge in [0.1, 0.15) is 0 Å². The van der Waals surface area contributed by atoms with E-state index in [2.05, 4.69) is 42.8 Å². The maximum atomic E-state index is 9.95. The van der Waals surface area contributed by atoms with Crippen molar-refractivity contribution in [1.82, 2.24) is 15.1 Å². The summed E-state index contributed by atoms with van der Waals surface area (Å²) in [5, 5.41) is 13.6. The maximum absolute atomic E-state index is 9.95. The second-order valence-electron chi connectivity index (χ2n) is 7.46. The Kier molecular flexibility index (Phi) is 6.06. The fraction of sp³-hybridized carbons (Fsp3) is 1.00. The van der Waals surface area contributed by atoms with E-state index in [1.165, 1.54) is 32.5 Å². The summed E-state index contributed by atoms with van der Waals surface area (Å²) in [4.78, 5) is 5.26. The van der Waals surface area contributed by atoms with E-state index in [0.29, 0.717) is 18.1 Å². The molecule has 0 radical (unpaired) electrons. The summed E-state index contributed by atoms with van der Waals surface area (Å²) >= 11 is 0. The molecule has 21 heavy (non-hydrogen) atoms. The first-order valence-corrected chi connectivity index (χ1v) is 8.86. The van der Waals surface area contributed by atoms with E-state index >= 15 is 0 Å². The summed E-state index contributed by atoms with van der Waals surface area (Å²) < 4.78 is 0. The number of nitrogens with one attached hydrogen (secondary N) is 1. The maximum Gasteiger partial charge on any atom is 0.0613 e. The topological polar surface area (TPSA) is 38.7 Å². The van der Waals surface area contributed by atoms with E-state index in [4.69, 9.17) is 0 Å². The molecule has 1 aliphatic carbocycles. The highest BCUT2D eigenvalue weighted by atomic mass is 16.3. The van der Waals surface area contributed by atoms with Gasteiger partial charge in [0.15, 0.2) is 0 Å². The van der Waals surface area contributed by atoms with Crippen LogP contribution in [-0.4, -0.2) is 71.4 Å². The van der Waals surface area contributed by atoms with Crippen LogP contribution in [0, 0.1) is 0 Å². The van der Waals surface area contributed by atoms with Gasteiger partial charge in [-0.2, -0.15) is 0 Å². The first-order chi connectivity index (χ1) is 9.99. The minimum absolute atomic E-state index is 0.0534. The molecule has 0 amide bonds. The van der Waals surface area contributed by atoms with E-state index in [9.17, 15) is 5.11 Å². The van der Waals surface area contributed by atoms with Gasteiger partial charge in [0.2, 0.25) is 0 Å². The fourth-order valence-corrected chi connectivity index (χ4v) is 4.40. The Morgan fingerprint density at radius 1 is 1.33 bits per heavy atom. The van der Waals surface area contributed by atoms with Crippen LogP contribution in [0.4, 0.5) is 0 Å². The van der Waals surface area contributed by atoms with Gasteiger partial charge in [0.05, 0.1) is 6.61 Å². The summed E-state index contributed by atoms with van der Waals surface area (Å²) in [6.45, 7) is 14.0. The number of hydrogen-bond acceptors (Lipinski definition) is 4. The molecule has 0 aromatic heterocycles. The second kappa shape index (κ2) is 7.40. The minimum Gasteiger partial charge on any atom is -0.394 e. The summed E-state index contributed by atoms with van der Waals surface area (Å²) in [5.41, 5.74) is -0.0534. The van der Waals surface area contributed by atoms with Crippen LogP contribution in [0.25, 0.3) is 0 Å². The zero-order chi connectivity index (χ0) is 15.5. The van der Waals surface area contributed by atoms with E-state index in [0.717, 1.165) is 19.4 Å². The molecule has 2 aliphatic rings. The molecule has 1 saturated carbocycles. The molecule has 0 aromatic rings. The van der Waals surface area contributed by atoms with Gasteiger partial charge in [0, 0.05) is 43.3 Å². The average molecular weight is 297 g/mol. The molecule has 2 N–H and O–H groups in total. The minimum atomic E-state index is -0.0534. The van der Waals surface area contributed by atoms with Crippen molar-refractivity contribution < 1.29 is 5.11 Å². The summed E-state index contributed by atoms with van der Waals surface area (Å²) in [5.74, 6) is 0. The van der Waals surface area contributed by atoms with Crippen LogP contribution in [0.15, 0.2) is 0 Å². The Bertz CT molecular complexity index is 323. The predicted molar refractivity (Wildman–Crippen MR) is 88.6 cm³/mol. The lowest BCUT2D eigenvalue weighted by molar-refractivity contribution is 0.0123. The van der Waals surface area contributed by atoms with E-state index < -0.39 is 0 Å². The summed E-state index contributed by atoms with van der Waals surface area (Å²) in [6.07, 6.45) is 4.73. The number of aliphatic hydroxyl groups is 1. The Morgan fingerprint density at radius 2 is 2.10 bits per heavy atom. The largest absolute Gasteiger partial charge is 0.394 e. The molecule has 4 nitrogen and oxygen atoms in total. The molecular weight excluding hydrogens is 262 g/mol. The van der Waals surface area contributed by atoms with E-state index in [1.54, 1.807) is 0 Å². The molecule has 1 saturated heterocycles. The van der Waals surface area contributed by atoms with Gasteiger partial charge >= 0.3 is 0 Å². The lowest BCUT2D eigenvalue weighted by atomic mass is 9.78. The highest BCUT2D eigenvalue weighted by molar-refractivity contribution is 4.98. The van der Waals surface area contributed by atoms with Crippen LogP contribution in [0.1, 0.15) is 53.4 Å². The number of rotatable bonds is 5. The molecule has 2 rings (SSSR count). The Morgan fingerprint density at radius 3 is 2.67 bits per heavy atom. The molecule has 0 bridgehead atoms. The number of likely N-dealkylation sites (N-methyl/N-ethyl adjacent to an activating group) is 1. The Balaban J connectivity index is 1.97. The van der Waals surface area contributed by atoms with Crippen molar-refractivity contribution in [1.29, 1.82) is 0 Å². The van der Waals surface area contributed by atoms with Gasteiger partial charge in [-0.1, -0.05) is 20.8 Å². The molecular formula is C17H35N3O. The third-order valence-electron chi connectivity index (χ3n) is 5.44. The highest BCUT2D eigenvalue weighted by Crippen LogP contribution is 2.32. The molecule has 0 aromatic carbocycles. The van der Waals surface area contributed by atoms with Gasteiger partial charge in [-0.3, -0.25) is 9.80 Å². The van der Waals surface area contributed by atoms with Crippen molar-refractivity contribution in [2.24, 2.45) is 0 Å². The van der Waals surface area contributed by atoms with Crippen molar-refractivity contribution >= 4 is 0 Å². The SMILES string of the molecule is CCN1CCN(C2CCCC(CO)(NC(C)C)C2)CC1C. The molecule has 3 unspecified atom stereocenters. The third kappa shape index (κ3) is 4.19. The fourth-order valence-electron chi connectivity index (χ4n) is 4.40. The van der Waals surface area contributed by atoms with Gasteiger partial charge in [-0.15, -0.1) is 0 Å².